The summed E-state index contributed by atoms with van der Waals surface area (Å²) in [6.45, 7) is 8.00. The number of hydrogen-bond acceptors (Lipinski definition) is 3. The van der Waals surface area contributed by atoms with Crippen molar-refractivity contribution in [1.29, 1.82) is 0 Å². The summed E-state index contributed by atoms with van der Waals surface area (Å²) in [6, 6.07) is 8.41. The second kappa shape index (κ2) is 4.90. The van der Waals surface area contributed by atoms with Gasteiger partial charge in [0.1, 0.15) is 0 Å². The largest absolute Gasteiger partial charge is 0.369 e. The Morgan fingerprint density at radius 3 is 2.53 bits per heavy atom. The monoisotopic (exact) mass is 222 g/mol. The van der Waals surface area contributed by atoms with Crippen molar-refractivity contribution in [2.75, 3.05) is 37.6 Å². The third kappa shape index (κ3) is 2.67. The van der Waals surface area contributed by atoms with Crippen LogP contribution < -0.4 is 4.90 Å². The Hall–Kier alpha value is -0.670. The summed E-state index contributed by atoms with van der Waals surface area (Å²) in [5.41, 5.74) is 1.30. The van der Waals surface area contributed by atoms with Gasteiger partial charge in [0.2, 0.25) is 0 Å². The molecule has 1 fully saturated rings. The zero-order valence-corrected chi connectivity index (χ0v) is 10.1. The first-order valence-corrected chi connectivity index (χ1v) is 6.00. The number of rotatable bonds is 2. The molecule has 2 rings (SSSR count). The quantitative estimate of drug-likeness (QED) is 0.766. The van der Waals surface area contributed by atoms with E-state index < -0.39 is 0 Å². The first kappa shape index (κ1) is 10.8. The van der Waals surface area contributed by atoms with Gasteiger partial charge in [0, 0.05) is 36.8 Å². The van der Waals surface area contributed by atoms with Gasteiger partial charge in [-0.3, -0.25) is 0 Å². The molecule has 0 N–H and O–H groups in total. The molecule has 1 saturated heterocycles. The Morgan fingerprint density at radius 2 is 1.93 bits per heavy atom. The molecular weight excluding hydrogens is 204 g/mol. The smallest absolute Gasteiger partial charge is 0.0378 e. The second-order valence-electron chi connectivity index (χ2n) is 3.94. The third-order valence-corrected chi connectivity index (χ3v) is 3.29. The van der Waals surface area contributed by atoms with Crippen LogP contribution in [0.3, 0.4) is 0 Å². The van der Waals surface area contributed by atoms with E-state index in [0.29, 0.717) is 0 Å². The first-order chi connectivity index (χ1) is 7.29. The van der Waals surface area contributed by atoms with E-state index in [4.69, 9.17) is 0 Å². The summed E-state index contributed by atoms with van der Waals surface area (Å²) in [5.74, 6) is 0. The first-order valence-electron chi connectivity index (χ1n) is 5.56. The van der Waals surface area contributed by atoms with E-state index in [2.05, 4.69) is 47.6 Å². The highest BCUT2D eigenvalue weighted by Crippen LogP contribution is 2.19. The van der Waals surface area contributed by atoms with Crippen LogP contribution in [0.15, 0.2) is 29.2 Å². The van der Waals surface area contributed by atoms with Gasteiger partial charge in [-0.05, 0) is 24.7 Å². The minimum atomic E-state index is 1.05. The molecule has 0 unspecified atom stereocenters. The van der Waals surface area contributed by atoms with Crippen LogP contribution in [0, 0.1) is 0 Å². The molecule has 1 aliphatic heterocycles. The van der Waals surface area contributed by atoms with Gasteiger partial charge in [-0.2, -0.15) is 0 Å². The van der Waals surface area contributed by atoms with Crippen LogP contribution in [0.25, 0.3) is 0 Å². The molecule has 0 amide bonds. The average Bonchev–Trinajstić information content (AvgIpc) is 2.29. The van der Waals surface area contributed by atoms with Gasteiger partial charge in [-0.1, -0.05) is 13.0 Å². The zero-order valence-electron chi connectivity index (χ0n) is 9.19. The lowest BCUT2D eigenvalue weighted by Gasteiger charge is -2.35. The molecule has 1 aromatic carbocycles. The molecule has 1 aromatic rings. The summed E-state index contributed by atoms with van der Waals surface area (Å²) < 4.78 is 0. The molecule has 0 bridgehead atoms. The molecule has 3 heteroatoms. The third-order valence-electron chi connectivity index (χ3n) is 3.01. The van der Waals surface area contributed by atoms with E-state index in [1.165, 1.54) is 25.3 Å². The maximum atomic E-state index is 4.37. The lowest BCUT2D eigenvalue weighted by Crippen LogP contribution is -2.46. The SMILES string of the molecule is CCN1CCN(c2cccc(S)c2)CC1. The van der Waals surface area contributed by atoms with Crippen LogP contribution in [0.2, 0.25) is 0 Å². The van der Waals surface area contributed by atoms with E-state index in [0.717, 1.165) is 18.0 Å². The van der Waals surface area contributed by atoms with Crippen molar-refractivity contribution < 1.29 is 0 Å². The van der Waals surface area contributed by atoms with Crippen LogP contribution in [-0.4, -0.2) is 37.6 Å². The number of thiol groups is 1. The van der Waals surface area contributed by atoms with Crippen LogP contribution in [0.4, 0.5) is 5.69 Å². The van der Waals surface area contributed by atoms with E-state index in [9.17, 15) is 0 Å². The van der Waals surface area contributed by atoms with Crippen molar-refractivity contribution in [3.05, 3.63) is 24.3 Å². The van der Waals surface area contributed by atoms with Gasteiger partial charge in [0.25, 0.3) is 0 Å². The van der Waals surface area contributed by atoms with E-state index in [1.54, 1.807) is 0 Å². The molecule has 0 atom stereocenters. The summed E-state index contributed by atoms with van der Waals surface area (Å²) in [5, 5.41) is 0. The Balaban J connectivity index is 2.01. The fraction of sp³-hybridized carbons (Fsp3) is 0.500. The molecule has 15 heavy (non-hydrogen) atoms. The topological polar surface area (TPSA) is 6.48 Å². The van der Waals surface area contributed by atoms with Gasteiger partial charge in [-0.15, -0.1) is 12.6 Å². The fourth-order valence-corrected chi connectivity index (χ4v) is 2.23. The highest BCUT2D eigenvalue weighted by Gasteiger charge is 2.15. The number of benzene rings is 1. The molecule has 0 spiro atoms. The molecule has 1 aliphatic rings. The Morgan fingerprint density at radius 1 is 1.20 bits per heavy atom. The molecule has 1 heterocycles. The van der Waals surface area contributed by atoms with Crippen molar-refractivity contribution in [1.82, 2.24) is 4.90 Å². The number of hydrogen-bond donors (Lipinski definition) is 1. The van der Waals surface area contributed by atoms with E-state index in [1.807, 2.05) is 6.07 Å². The summed E-state index contributed by atoms with van der Waals surface area (Å²) >= 11 is 4.37. The molecule has 0 radical (unpaired) electrons. The predicted octanol–water partition coefficient (Wildman–Crippen LogP) is 2.12. The van der Waals surface area contributed by atoms with Gasteiger partial charge >= 0.3 is 0 Å². The van der Waals surface area contributed by atoms with E-state index in [-0.39, 0.29) is 0 Å². The van der Waals surface area contributed by atoms with Gasteiger partial charge in [0.15, 0.2) is 0 Å². The minimum absolute atomic E-state index is 1.05. The molecule has 0 saturated carbocycles. The Kier molecular flexibility index (Phi) is 3.54. The van der Waals surface area contributed by atoms with Gasteiger partial charge in [-0.25, -0.2) is 0 Å². The highest BCUT2D eigenvalue weighted by atomic mass is 32.1. The van der Waals surface area contributed by atoms with Crippen LogP contribution in [0.1, 0.15) is 6.92 Å². The van der Waals surface area contributed by atoms with Crippen molar-refractivity contribution in [2.24, 2.45) is 0 Å². The fourth-order valence-electron chi connectivity index (χ4n) is 2.01. The van der Waals surface area contributed by atoms with Crippen molar-refractivity contribution in [3.63, 3.8) is 0 Å². The lowest BCUT2D eigenvalue weighted by atomic mass is 10.2. The van der Waals surface area contributed by atoms with Crippen molar-refractivity contribution in [2.45, 2.75) is 11.8 Å². The molecule has 0 aliphatic carbocycles. The number of anilines is 1. The normalized spacial score (nSPS) is 18.1. The maximum absolute atomic E-state index is 4.37. The lowest BCUT2D eigenvalue weighted by molar-refractivity contribution is 0.271. The van der Waals surface area contributed by atoms with Gasteiger partial charge in [0.05, 0.1) is 0 Å². The van der Waals surface area contributed by atoms with Crippen molar-refractivity contribution >= 4 is 18.3 Å². The second-order valence-corrected chi connectivity index (χ2v) is 4.46. The predicted molar refractivity (Wildman–Crippen MR) is 68.0 cm³/mol. The number of likely N-dealkylation sites (N-methyl/N-ethyl adjacent to an activating group) is 1. The Labute approximate surface area is 97.3 Å². The molecular formula is C12H18N2S. The zero-order chi connectivity index (χ0) is 10.7. The molecule has 0 aromatic heterocycles. The van der Waals surface area contributed by atoms with Crippen LogP contribution >= 0.6 is 12.6 Å². The van der Waals surface area contributed by atoms with Crippen LogP contribution in [0.5, 0.6) is 0 Å². The molecule has 82 valence electrons. The number of piperazine rings is 1. The summed E-state index contributed by atoms with van der Waals surface area (Å²) in [6.07, 6.45) is 0. The molecule has 2 nitrogen and oxygen atoms in total. The Bertz CT molecular complexity index is 319. The minimum Gasteiger partial charge on any atom is -0.369 e. The van der Waals surface area contributed by atoms with Crippen molar-refractivity contribution in [3.8, 4) is 0 Å². The summed E-state index contributed by atoms with van der Waals surface area (Å²) in [4.78, 5) is 5.97. The number of nitrogens with zero attached hydrogens (tertiary/aromatic N) is 2. The highest BCUT2D eigenvalue weighted by molar-refractivity contribution is 7.80. The van der Waals surface area contributed by atoms with Gasteiger partial charge < -0.3 is 9.80 Å². The maximum Gasteiger partial charge on any atom is 0.0378 e. The standard InChI is InChI=1S/C12H18N2S/c1-2-13-6-8-14(9-7-13)11-4-3-5-12(15)10-11/h3-5,10,15H,2,6-9H2,1H3. The average molecular weight is 222 g/mol. The summed E-state index contributed by atoms with van der Waals surface area (Å²) in [7, 11) is 0. The van der Waals surface area contributed by atoms with Crippen LogP contribution in [-0.2, 0) is 0 Å². The van der Waals surface area contributed by atoms with E-state index >= 15 is 0 Å².